The third-order valence-electron chi connectivity index (χ3n) is 4.13. The molecule has 3 unspecified atom stereocenters. The molecule has 0 aliphatic carbocycles. The van der Waals surface area contributed by atoms with Crippen molar-refractivity contribution in [2.24, 2.45) is 5.84 Å². The molecule has 0 bridgehead atoms. The molecule has 1 heterocycles. The van der Waals surface area contributed by atoms with Crippen LogP contribution in [0.25, 0.3) is 0 Å². The van der Waals surface area contributed by atoms with Gasteiger partial charge in [-0.05, 0) is 43.4 Å². The number of aryl methyl sites for hydroxylation is 2. The molecule has 1 aliphatic heterocycles. The number of hydrogen-bond acceptors (Lipinski definition) is 4. The van der Waals surface area contributed by atoms with Gasteiger partial charge in [-0.2, -0.15) is 23.5 Å². The molecule has 0 radical (unpaired) electrons. The van der Waals surface area contributed by atoms with E-state index in [0.29, 0.717) is 11.3 Å². The molecular formula is C16H26N2S2. The van der Waals surface area contributed by atoms with Crippen LogP contribution in [0.15, 0.2) is 18.2 Å². The molecule has 1 aliphatic rings. The van der Waals surface area contributed by atoms with E-state index in [1.165, 1.54) is 34.6 Å². The molecule has 4 heteroatoms. The standard InChI is InChI=1S/C16H26N2S2/c1-4-15-16(20-8-7-19-15)14(18-17)10-13-6-5-11(2)12(3)9-13/h5-6,9,14-16,18H,4,7-8,10,17H2,1-3H3. The van der Waals surface area contributed by atoms with Crippen molar-refractivity contribution in [2.75, 3.05) is 11.5 Å². The van der Waals surface area contributed by atoms with Gasteiger partial charge in [0, 0.05) is 28.0 Å². The van der Waals surface area contributed by atoms with Gasteiger partial charge in [-0.3, -0.25) is 11.3 Å². The van der Waals surface area contributed by atoms with Crippen molar-refractivity contribution < 1.29 is 0 Å². The Balaban J connectivity index is 2.09. The Morgan fingerprint density at radius 1 is 1.25 bits per heavy atom. The van der Waals surface area contributed by atoms with Gasteiger partial charge in [0.05, 0.1) is 0 Å². The summed E-state index contributed by atoms with van der Waals surface area (Å²) < 4.78 is 0. The first kappa shape index (κ1) is 16.2. The number of nitrogens with one attached hydrogen (secondary N) is 1. The van der Waals surface area contributed by atoms with E-state index in [9.17, 15) is 0 Å². The summed E-state index contributed by atoms with van der Waals surface area (Å²) in [6.45, 7) is 6.64. The van der Waals surface area contributed by atoms with Crippen LogP contribution in [0.3, 0.4) is 0 Å². The number of hydrogen-bond donors (Lipinski definition) is 2. The van der Waals surface area contributed by atoms with E-state index in [1.807, 2.05) is 0 Å². The summed E-state index contributed by atoms with van der Waals surface area (Å²) in [6.07, 6.45) is 2.25. The minimum Gasteiger partial charge on any atom is -0.271 e. The molecule has 1 saturated heterocycles. The van der Waals surface area contributed by atoms with Crippen molar-refractivity contribution in [2.45, 2.75) is 50.2 Å². The lowest BCUT2D eigenvalue weighted by Crippen LogP contribution is -2.49. The van der Waals surface area contributed by atoms with Crippen LogP contribution in [0, 0.1) is 13.8 Å². The average Bonchev–Trinajstić information content (AvgIpc) is 2.48. The lowest BCUT2D eigenvalue weighted by atomic mass is 9.98. The van der Waals surface area contributed by atoms with Crippen LogP contribution in [-0.2, 0) is 6.42 Å². The highest BCUT2D eigenvalue weighted by molar-refractivity contribution is 8.07. The van der Waals surface area contributed by atoms with E-state index >= 15 is 0 Å². The first-order valence-corrected chi connectivity index (χ1v) is 9.51. The summed E-state index contributed by atoms with van der Waals surface area (Å²) in [4.78, 5) is 0. The zero-order chi connectivity index (χ0) is 14.5. The zero-order valence-electron chi connectivity index (χ0n) is 12.7. The molecule has 0 amide bonds. The van der Waals surface area contributed by atoms with Crippen molar-refractivity contribution >= 4 is 23.5 Å². The molecule has 1 aromatic rings. The van der Waals surface area contributed by atoms with Gasteiger partial charge in [0.15, 0.2) is 0 Å². The fourth-order valence-electron chi connectivity index (χ4n) is 2.77. The summed E-state index contributed by atoms with van der Waals surface area (Å²) in [5.41, 5.74) is 7.21. The van der Waals surface area contributed by atoms with Crippen LogP contribution >= 0.6 is 23.5 Å². The maximum absolute atomic E-state index is 5.86. The molecule has 0 spiro atoms. The van der Waals surface area contributed by atoms with Crippen molar-refractivity contribution in [3.05, 3.63) is 34.9 Å². The van der Waals surface area contributed by atoms with Gasteiger partial charge in [-0.25, -0.2) is 0 Å². The Morgan fingerprint density at radius 3 is 2.65 bits per heavy atom. The average molecular weight is 311 g/mol. The normalized spacial score (nSPS) is 24.6. The molecule has 112 valence electrons. The third kappa shape index (κ3) is 3.94. The lowest BCUT2D eigenvalue weighted by Gasteiger charge is -2.35. The predicted molar refractivity (Wildman–Crippen MR) is 93.5 cm³/mol. The minimum absolute atomic E-state index is 0.361. The molecule has 2 nitrogen and oxygen atoms in total. The highest BCUT2D eigenvalue weighted by atomic mass is 32.2. The van der Waals surface area contributed by atoms with E-state index in [0.717, 1.165) is 11.7 Å². The summed E-state index contributed by atoms with van der Waals surface area (Å²) in [5, 5.41) is 1.34. The van der Waals surface area contributed by atoms with Crippen molar-refractivity contribution in [3.8, 4) is 0 Å². The number of benzene rings is 1. The maximum Gasteiger partial charge on any atom is 0.0380 e. The van der Waals surface area contributed by atoms with Gasteiger partial charge in [0.2, 0.25) is 0 Å². The molecule has 1 aromatic carbocycles. The summed E-state index contributed by atoms with van der Waals surface area (Å²) >= 11 is 4.21. The quantitative estimate of drug-likeness (QED) is 0.646. The second-order valence-electron chi connectivity index (χ2n) is 5.55. The van der Waals surface area contributed by atoms with Crippen molar-refractivity contribution in [1.82, 2.24) is 5.43 Å². The molecule has 3 N–H and O–H groups in total. The highest BCUT2D eigenvalue weighted by Crippen LogP contribution is 2.35. The van der Waals surface area contributed by atoms with Crippen molar-refractivity contribution in [1.29, 1.82) is 0 Å². The number of hydrazine groups is 1. The fraction of sp³-hybridized carbons (Fsp3) is 0.625. The van der Waals surface area contributed by atoms with Crippen LogP contribution in [0.1, 0.15) is 30.0 Å². The van der Waals surface area contributed by atoms with Crippen molar-refractivity contribution in [3.63, 3.8) is 0 Å². The highest BCUT2D eigenvalue weighted by Gasteiger charge is 2.31. The molecule has 3 atom stereocenters. The van der Waals surface area contributed by atoms with E-state index in [4.69, 9.17) is 5.84 Å². The molecular weight excluding hydrogens is 284 g/mol. The smallest absolute Gasteiger partial charge is 0.0380 e. The monoisotopic (exact) mass is 310 g/mol. The summed E-state index contributed by atoms with van der Waals surface area (Å²) in [6, 6.07) is 7.13. The van der Waals surface area contributed by atoms with Crippen LogP contribution in [0.5, 0.6) is 0 Å². The van der Waals surface area contributed by atoms with Gasteiger partial charge in [0.25, 0.3) is 0 Å². The molecule has 2 rings (SSSR count). The first-order chi connectivity index (χ1) is 9.65. The Labute approximate surface area is 131 Å². The molecule has 1 fully saturated rings. The van der Waals surface area contributed by atoms with Gasteiger partial charge in [-0.15, -0.1) is 0 Å². The molecule has 0 saturated carbocycles. The Kier molecular flexibility index (Phi) is 6.27. The third-order valence-corrected chi connectivity index (χ3v) is 7.54. The molecule has 0 aromatic heterocycles. The Hall–Kier alpha value is -0.160. The maximum atomic E-state index is 5.86. The topological polar surface area (TPSA) is 38.0 Å². The predicted octanol–water partition coefficient (Wildman–Crippen LogP) is 3.31. The van der Waals surface area contributed by atoms with Gasteiger partial charge < -0.3 is 0 Å². The Morgan fingerprint density at radius 2 is 2.00 bits per heavy atom. The summed E-state index contributed by atoms with van der Waals surface area (Å²) in [5.74, 6) is 8.39. The van der Waals surface area contributed by atoms with Crippen LogP contribution < -0.4 is 11.3 Å². The van der Waals surface area contributed by atoms with Gasteiger partial charge in [-0.1, -0.05) is 25.1 Å². The largest absolute Gasteiger partial charge is 0.271 e. The van der Waals surface area contributed by atoms with Crippen LogP contribution in [-0.4, -0.2) is 28.0 Å². The Bertz CT molecular complexity index is 436. The number of rotatable bonds is 5. The number of thioether (sulfide) groups is 2. The van der Waals surface area contributed by atoms with E-state index in [1.54, 1.807) is 0 Å². The number of nitrogens with two attached hydrogens (primary N) is 1. The second kappa shape index (κ2) is 7.74. The van der Waals surface area contributed by atoms with Gasteiger partial charge >= 0.3 is 0 Å². The van der Waals surface area contributed by atoms with Crippen LogP contribution in [0.2, 0.25) is 0 Å². The van der Waals surface area contributed by atoms with E-state index in [-0.39, 0.29) is 0 Å². The van der Waals surface area contributed by atoms with Gasteiger partial charge in [0.1, 0.15) is 0 Å². The fourth-order valence-corrected chi connectivity index (χ4v) is 6.01. The van der Waals surface area contributed by atoms with Crippen LogP contribution in [0.4, 0.5) is 0 Å². The van der Waals surface area contributed by atoms with E-state index < -0.39 is 0 Å². The van der Waals surface area contributed by atoms with E-state index in [2.05, 4.69) is 67.9 Å². The SMILES string of the molecule is CCC1SCCSC1C(Cc1ccc(C)c(C)c1)NN. The zero-order valence-corrected chi connectivity index (χ0v) is 14.3. The first-order valence-electron chi connectivity index (χ1n) is 7.41. The summed E-state index contributed by atoms with van der Waals surface area (Å²) in [7, 11) is 0. The lowest BCUT2D eigenvalue weighted by molar-refractivity contribution is 0.490. The minimum atomic E-state index is 0.361. The molecule has 20 heavy (non-hydrogen) atoms. The second-order valence-corrected chi connectivity index (χ2v) is 8.18.